The number of sulfonamides is 1. The van der Waals surface area contributed by atoms with Crippen LogP contribution in [-0.4, -0.2) is 36.1 Å². The van der Waals surface area contributed by atoms with Crippen molar-refractivity contribution in [3.05, 3.63) is 47.4 Å². The van der Waals surface area contributed by atoms with E-state index in [-0.39, 0.29) is 6.54 Å². The van der Waals surface area contributed by atoms with Gasteiger partial charge in [0.05, 0.1) is 5.52 Å². The van der Waals surface area contributed by atoms with Gasteiger partial charge in [-0.05, 0) is 44.9 Å². The number of anilines is 1. The van der Waals surface area contributed by atoms with Crippen LogP contribution in [0.2, 0.25) is 0 Å². The molecule has 8 nitrogen and oxygen atoms in total. The standard InChI is InChI=1S/C20H25F2N5O3S/c1-3-30-12-18-26-19-16(10-13(2)25-20(19)23)27(18)9-5-4-8-24-31(28,29)17-7-6-14(21)11-15(17)22/h6-7,10-11,24H,3-5,8-9,12H2,1-2H3,(H2,23,25). The molecule has 11 heteroatoms. The van der Waals surface area contributed by atoms with Crippen molar-refractivity contribution in [3.8, 4) is 0 Å². The Labute approximate surface area is 179 Å². The molecular weight excluding hydrogens is 428 g/mol. The van der Waals surface area contributed by atoms with Crippen molar-refractivity contribution in [2.24, 2.45) is 0 Å². The van der Waals surface area contributed by atoms with E-state index in [0.29, 0.717) is 55.8 Å². The van der Waals surface area contributed by atoms with Crippen LogP contribution < -0.4 is 10.5 Å². The van der Waals surface area contributed by atoms with Gasteiger partial charge in [-0.15, -0.1) is 0 Å². The number of imidazole rings is 1. The fourth-order valence-corrected chi connectivity index (χ4v) is 4.38. The molecule has 0 radical (unpaired) electrons. The number of hydrogen-bond acceptors (Lipinski definition) is 6. The fraction of sp³-hybridized carbons (Fsp3) is 0.400. The lowest BCUT2D eigenvalue weighted by Gasteiger charge is -2.11. The number of benzene rings is 1. The largest absolute Gasteiger partial charge is 0.382 e. The lowest BCUT2D eigenvalue weighted by molar-refractivity contribution is 0.126. The van der Waals surface area contributed by atoms with Crippen LogP contribution in [0, 0.1) is 18.6 Å². The number of halogens is 2. The predicted octanol–water partition coefficient (Wildman–Crippen LogP) is 2.90. The summed E-state index contributed by atoms with van der Waals surface area (Å²) < 4.78 is 61.1. The zero-order valence-corrected chi connectivity index (χ0v) is 18.2. The van der Waals surface area contributed by atoms with Crippen molar-refractivity contribution in [2.75, 3.05) is 18.9 Å². The minimum Gasteiger partial charge on any atom is -0.382 e. The molecule has 0 aliphatic heterocycles. The number of rotatable bonds is 10. The summed E-state index contributed by atoms with van der Waals surface area (Å²) in [5.41, 5.74) is 8.22. The second-order valence-corrected chi connectivity index (χ2v) is 8.75. The molecule has 0 aliphatic carbocycles. The zero-order valence-electron chi connectivity index (χ0n) is 17.4. The van der Waals surface area contributed by atoms with Crippen LogP contribution in [0.4, 0.5) is 14.6 Å². The van der Waals surface area contributed by atoms with E-state index in [1.807, 2.05) is 24.5 Å². The summed E-state index contributed by atoms with van der Waals surface area (Å²) in [5, 5.41) is 0. The van der Waals surface area contributed by atoms with E-state index in [9.17, 15) is 17.2 Å². The summed E-state index contributed by atoms with van der Waals surface area (Å²) in [6.07, 6.45) is 1.12. The number of nitrogens with two attached hydrogens (primary N) is 1. The van der Waals surface area contributed by atoms with Gasteiger partial charge in [-0.2, -0.15) is 0 Å². The highest BCUT2D eigenvalue weighted by Crippen LogP contribution is 2.23. The molecule has 0 amide bonds. The van der Waals surface area contributed by atoms with E-state index in [4.69, 9.17) is 10.5 Å². The van der Waals surface area contributed by atoms with Gasteiger partial charge >= 0.3 is 0 Å². The number of nitrogens with one attached hydrogen (secondary N) is 1. The van der Waals surface area contributed by atoms with E-state index in [1.165, 1.54) is 0 Å². The Bertz CT molecular complexity index is 1180. The van der Waals surface area contributed by atoms with Crippen molar-refractivity contribution < 1.29 is 21.9 Å². The molecule has 3 aromatic rings. The molecule has 0 fully saturated rings. The van der Waals surface area contributed by atoms with Crippen LogP contribution in [0.15, 0.2) is 29.2 Å². The first-order valence-electron chi connectivity index (χ1n) is 9.87. The van der Waals surface area contributed by atoms with Crippen molar-refractivity contribution in [1.29, 1.82) is 0 Å². The topological polar surface area (TPSA) is 112 Å². The molecule has 31 heavy (non-hydrogen) atoms. The first kappa shape index (κ1) is 23.0. The van der Waals surface area contributed by atoms with Crippen LogP contribution in [0.3, 0.4) is 0 Å². The maximum Gasteiger partial charge on any atom is 0.243 e. The van der Waals surface area contributed by atoms with Gasteiger partial charge in [-0.1, -0.05) is 0 Å². The summed E-state index contributed by atoms with van der Waals surface area (Å²) in [6.45, 7) is 5.27. The summed E-state index contributed by atoms with van der Waals surface area (Å²) in [6, 6.07) is 4.25. The number of aromatic nitrogens is 3. The first-order valence-corrected chi connectivity index (χ1v) is 11.4. The third-order valence-corrected chi connectivity index (χ3v) is 6.18. The Balaban J connectivity index is 1.66. The normalized spacial score (nSPS) is 12.0. The number of hydrogen-bond donors (Lipinski definition) is 2. The van der Waals surface area contributed by atoms with Gasteiger partial charge in [0.2, 0.25) is 10.0 Å². The highest BCUT2D eigenvalue weighted by Gasteiger charge is 2.19. The van der Waals surface area contributed by atoms with E-state index in [2.05, 4.69) is 14.7 Å². The summed E-state index contributed by atoms with van der Waals surface area (Å²) in [5.74, 6) is -0.900. The molecule has 0 saturated carbocycles. The third kappa shape index (κ3) is 5.35. The Morgan fingerprint density at radius 2 is 1.97 bits per heavy atom. The molecule has 0 saturated heterocycles. The number of aryl methyl sites for hydroxylation is 2. The lowest BCUT2D eigenvalue weighted by atomic mass is 10.3. The quantitative estimate of drug-likeness (QED) is 0.457. The molecule has 0 atom stereocenters. The number of unbranched alkanes of at least 4 members (excludes halogenated alkanes) is 1. The number of ether oxygens (including phenoxy) is 1. The molecule has 2 heterocycles. The third-order valence-electron chi connectivity index (χ3n) is 4.69. The Kier molecular flexibility index (Phi) is 7.19. The predicted molar refractivity (Wildman–Crippen MR) is 113 cm³/mol. The average Bonchev–Trinajstić information content (AvgIpc) is 3.03. The molecule has 0 aliphatic rings. The van der Waals surface area contributed by atoms with Gasteiger partial charge in [0.1, 0.15) is 34.5 Å². The molecule has 0 bridgehead atoms. The van der Waals surface area contributed by atoms with Gasteiger partial charge < -0.3 is 15.0 Å². The number of nitrogens with zero attached hydrogens (tertiary/aromatic N) is 3. The molecule has 168 valence electrons. The van der Waals surface area contributed by atoms with Crippen LogP contribution in [0.5, 0.6) is 0 Å². The Hall–Kier alpha value is -2.63. The van der Waals surface area contributed by atoms with Crippen molar-refractivity contribution in [3.63, 3.8) is 0 Å². The molecule has 1 aromatic carbocycles. The molecule has 0 spiro atoms. The van der Waals surface area contributed by atoms with Crippen molar-refractivity contribution in [2.45, 2.75) is 44.7 Å². The molecule has 3 rings (SSSR count). The van der Waals surface area contributed by atoms with E-state index < -0.39 is 26.6 Å². The van der Waals surface area contributed by atoms with Gasteiger partial charge in [0.25, 0.3) is 0 Å². The number of fused-ring (bicyclic) bond motifs is 1. The van der Waals surface area contributed by atoms with Crippen LogP contribution in [-0.2, 0) is 27.9 Å². The molecule has 3 N–H and O–H groups in total. The van der Waals surface area contributed by atoms with Crippen molar-refractivity contribution >= 4 is 26.9 Å². The van der Waals surface area contributed by atoms with Crippen LogP contribution >= 0.6 is 0 Å². The van der Waals surface area contributed by atoms with Gasteiger partial charge in [-0.25, -0.2) is 31.9 Å². The second-order valence-electron chi connectivity index (χ2n) is 7.01. The first-order chi connectivity index (χ1) is 14.7. The van der Waals surface area contributed by atoms with Gasteiger partial charge in [0, 0.05) is 31.5 Å². The maximum absolute atomic E-state index is 13.8. The number of nitrogen functional groups attached to an aromatic ring is 1. The SMILES string of the molecule is CCOCc1nc2c(N)nc(C)cc2n1CCCCNS(=O)(=O)c1ccc(F)cc1F. The smallest absolute Gasteiger partial charge is 0.243 e. The van der Waals surface area contributed by atoms with E-state index in [0.717, 1.165) is 23.3 Å². The lowest BCUT2D eigenvalue weighted by Crippen LogP contribution is -2.26. The van der Waals surface area contributed by atoms with Crippen molar-refractivity contribution in [1.82, 2.24) is 19.3 Å². The minimum absolute atomic E-state index is 0.106. The van der Waals surface area contributed by atoms with E-state index >= 15 is 0 Å². The fourth-order valence-electron chi connectivity index (χ4n) is 3.25. The van der Waals surface area contributed by atoms with Gasteiger partial charge in [0.15, 0.2) is 5.82 Å². The highest BCUT2D eigenvalue weighted by atomic mass is 32.2. The Morgan fingerprint density at radius 3 is 2.68 bits per heavy atom. The summed E-state index contributed by atoms with van der Waals surface area (Å²) >= 11 is 0. The minimum atomic E-state index is -4.06. The molecule has 2 aromatic heterocycles. The zero-order chi connectivity index (χ0) is 22.6. The average molecular weight is 454 g/mol. The second kappa shape index (κ2) is 9.67. The summed E-state index contributed by atoms with van der Waals surface area (Å²) in [4.78, 5) is 8.22. The van der Waals surface area contributed by atoms with Crippen LogP contribution in [0.25, 0.3) is 11.0 Å². The highest BCUT2D eigenvalue weighted by molar-refractivity contribution is 7.89. The molecule has 0 unspecified atom stereocenters. The summed E-state index contributed by atoms with van der Waals surface area (Å²) in [7, 11) is -4.06. The number of pyridine rings is 1. The Morgan fingerprint density at radius 1 is 1.19 bits per heavy atom. The van der Waals surface area contributed by atoms with Gasteiger partial charge in [-0.3, -0.25) is 0 Å². The van der Waals surface area contributed by atoms with Crippen LogP contribution in [0.1, 0.15) is 31.3 Å². The molecular formula is C20H25F2N5O3S. The maximum atomic E-state index is 13.8. The van der Waals surface area contributed by atoms with E-state index in [1.54, 1.807) is 0 Å². The monoisotopic (exact) mass is 453 g/mol.